The Balaban J connectivity index is 2.40. The largest absolute Gasteiger partial charge is 0.310 e. The predicted octanol–water partition coefficient (Wildman–Crippen LogP) is 5.13. The Labute approximate surface area is 124 Å². The number of nitrogens with one attached hydrogen (secondary N) is 1. The highest BCUT2D eigenvalue weighted by molar-refractivity contribution is 6.31. The van der Waals surface area contributed by atoms with Gasteiger partial charge in [-0.2, -0.15) is 0 Å². The number of benzene rings is 2. The molecule has 1 atom stereocenters. The van der Waals surface area contributed by atoms with E-state index in [0.29, 0.717) is 10.6 Å². The van der Waals surface area contributed by atoms with Gasteiger partial charge in [-0.05, 0) is 49.7 Å². The zero-order valence-electron chi connectivity index (χ0n) is 12.0. The van der Waals surface area contributed by atoms with Crippen molar-refractivity contribution in [2.24, 2.45) is 0 Å². The first-order valence-corrected chi connectivity index (χ1v) is 7.20. The van der Waals surface area contributed by atoms with Crippen molar-refractivity contribution in [3.8, 4) is 11.1 Å². The van der Waals surface area contributed by atoms with Crippen LogP contribution in [0.25, 0.3) is 11.1 Å². The van der Waals surface area contributed by atoms with E-state index in [-0.39, 0.29) is 11.9 Å². The summed E-state index contributed by atoms with van der Waals surface area (Å²) in [7, 11) is 0. The summed E-state index contributed by atoms with van der Waals surface area (Å²) < 4.78 is 13.9. The molecule has 0 amide bonds. The molecule has 2 rings (SSSR count). The van der Waals surface area contributed by atoms with Crippen molar-refractivity contribution in [3.05, 3.63) is 58.4 Å². The van der Waals surface area contributed by atoms with Gasteiger partial charge in [0.1, 0.15) is 5.82 Å². The molecule has 106 valence electrons. The fourth-order valence-corrected chi connectivity index (χ4v) is 2.67. The van der Waals surface area contributed by atoms with Crippen LogP contribution in [0.15, 0.2) is 36.4 Å². The summed E-state index contributed by atoms with van der Waals surface area (Å²) in [6.07, 6.45) is 0. The summed E-state index contributed by atoms with van der Waals surface area (Å²) in [5, 5.41) is 3.99. The second kappa shape index (κ2) is 6.38. The molecule has 0 saturated carbocycles. The number of hydrogen-bond acceptors (Lipinski definition) is 1. The standard InChI is InChI=1S/C17H19ClFN/c1-4-20-12(3)14-7-6-13(10-16(14)18)15-9-11(2)5-8-17(15)19/h5-10,12,20H,4H2,1-3H3. The van der Waals surface area contributed by atoms with E-state index in [1.54, 1.807) is 6.07 Å². The summed E-state index contributed by atoms with van der Waals surface area (Å²) in [5.41, 5.74) is 3.46. The first-order chi connectivity index (χ1) is 9.52. The SMILES string of the molecule is CCNC(C)c1ccc(-c2cc(C)ccc2F)cc1Cl. The topological polar surface area (TPSA) is 12.0 Å². The molecule has 0 radical (unpaired) electrons. The van der Waals surface area contributed by atoms with E-state index < -0.39 is 0 Å². The fourth-order valence-electron chi connectivity index (χ4n) is 2.32. The minimum absolute atomic E-state index is 0.184. The van der Waals surface area contributed by atoms with Gasteiger partial charge >= 0.3 is 0 Å². The second-order valence-electron chi connectivity index (χ2n) is 5.00. The van der Waals surface area contributed by atoms with E-state index in [9.17, 15) is 4.39 Å². The van der Waals surface area contributed by atoms with Crippen LogP contribution in [0.1, 0.15) is 31.0 Å². The molecule has 2 aromatic carbocycles. The van der Waals surface area contributed by atoms with Gasteiger partial charge in [0.15, 0.2) is 0 Å². The van der Waals surface area contributed by atoms with Gasteiger partial charge in [-0.25, -0.2) is 4.39 Å². The summed E-state index contributed by atoms with van der Waals surface area (Å²) >= 11 is 6.34. The van der Waals surface area contributed by atoms with Crippen LogP contribution in [0.4, 0.5) is 4.39 Å². The smallest absolute Gasteiger partial charge is 0.131 e. The lowest BCUT2D eigenvalue weighted by molar-refractivity contribution is 0.598. The van der Waals surface area contributed by atoms with Crippen LogP contribution < -0.4 is 5.32 Å². The van der Waals surface area contributed by atoms with Crippen molar-refractivity contribution in [2.75, 3.05) is 6.54 Å². The molecule has 1 N–H and O–H groups in total. The Kier molecular flexibility index (Phi) is 4.79. The van der Waals surface area contributed by atoms with E-state index >= 15 is 0 Å². The lowest BCUT2D eigenvalue weighted by Crippen LogP contribution is -2.17. The van der Waals surface area contributed by atoms with Crippen molar-refractivity contribution in [1.29, 1.82) is 0 Å². The quantitative estimate of drug-likeness (QED) is 0.824. The first-order valence-electron chi connectivity index (χ1n) is 6.82. The third kappa shape index (κ3) is 3.20. The summed E-state index contributed by atoms with van der Waals surface area (Å²) in [6, 6.07) is 11.0. The molecule has 0 aromatic heterocycles. The third-order valence-corrected chi connectivity index (χ3v) is 3.74. The Morgan fingerprint density at radius 3 is 2.60 bits per heavy atom. The fraction of sp³-hybridized carbons (Fsp3) is 0.294. The molecule has 3 heteroatoms. The van der Waals surface area contributed by atoms with Crippen LogP contribution in [-0.4, -0.2) is 6.54 Å². The van der Waals surface area contributed by atoms with Crippen molar-refractivity contribution in [3.63, 3.8) is 0 Å². The molecule has 0 aliphatic heterocycles. The second-order valence-corrected chi connectivity index (χ2v) is 5.41. The van der Waals surface area contributed by atoms with Gasteiger partial charge in [0.2, 0.25) is 0 Å². The molecule has 0 fully saturated rings. The minimum atomic E-state index is -0.223. The third-order valence-electron chi connectivity index (χ3n) is 3.41. The van der Waals surface area contributed by atoms with Gasteiger partial charge in [-0.1, -0.05) is 42.3 Å². The minimum Gasteiger partial charge on any atom is -0.310 e. The molecule has 0 heterocycles. The molecule has 20 heavy (non-hydrogen) atoms. The molecule has 1 unspecified atom stereocenters. The molecular weight excluding hydrogens is 273 g/mol. The van der Waals surface area contributed by atoms with Crippen LogP contribution in [0.2, 0.25) is 5.02 Å². The van der Waals surface area contributed by atoms with E-state index in [4.69, 9.17) is 11.6 Å². The average Bonchev–Trinajstić information content (AvgIpc) is 2.41. The van der Waals surface area contributed by atoms with Crippen LogP contribution >= 0.6 is 11.6 Å². The number of aryl methyl sites for hydroxylation is 1. The Bertz CT molecular complexity index is 610. The van der Waals surface area contributed by atoms with E-state index in [1.165, 1.54) is 6.07 Å². The number of hydrogen-bond donors (Lipinski definition) is 1. The Morgan fingerprint density at radius 1 is 1.20 bits per heavy atom. The van der Waals surface area contributed by atoms with Crippen molar-refractivity contribution in [2.45, 2.75) is 26.8 Å². The van der Waals surface area contributed by atoms with Crippen LogP contribution in [0.5, 0.6) is 0 Å². The molecule has 2 aromatic rings. The average molecular weight is 292 g/mol. The lowest BCUT2D eigenvalue weighted by atomic mass is 9.99. The lowest BCUT2D eigenvalue weighted by Gasteiger charge is -2.15. The normalized spacial score (nSPS) is 12.4. The van der Waals surface area contributed by atoms with Gasteiger partial charge in [0.25, 0.3) is 0 Å². The molecule has 0 aliphatic rings. The van der Waals surface area contributed by atoms with Crippen molar-refractivity contribution < 1.29 is 4.39 Å². The van der Waals surface area contributed by atoms with Crippen LogP contribution in [0, 0.1) is 12.7 Å². The molecule has 0 aliphatic carbocycles. The Morgan fingerprint density at radius 2 is 1.95 bits per heavy atom. The maximum atomic E-state index is 13.9. The summed E-state index contributed by atoms with van der Waals surface area (Å²) in [5.74, 6) is -0.223. The first kappa shape index (κ1) is 15.0. The van der Waals surface area contributed by atoms with Crippen molar-refractivity contribution in [1.82, 2.24) is 5.32 Å². The van der Waals surface area contributed by atoms with Gasteiger partial charge in [-0.3, -0.25) is 0 Å². The number of halogens is 2. The van der Waals surface area contributed by atoms with Crippen LogP contribution in [-0.2, 0) is 0 Å². The predicted molar refractivity (Wildman–Crippen MR) is 83.7 cm³/mol. The van der Waals surface area contributed by atoms with E-state index in [1.807, 2.05) is 31.2 Å². The molecule has 0 bridgehead atoms. The highest BCUT2D eigenvalue weighted by Gasteiger charge is 2.11. The number of rotatable bonds is 4. The molecule has 1 nitrogen and oxygen atoms in total. The maximum Gasteiger partial charge on any atom is 0.131 e. The van der Waals surface area contributed by atoms with Crippen LogP contribution in [0.3, 0.4) is 0 Å². The zero-order chi connectivity index (χ0) is 14.7. The summed E-state index contributed by atoms with van der Waals surface area (Å²) in [4.78, 5) is 0. The van der Waals surface area contributed by atoms with Gasteiger partial charge in [-0.15, -0.1) is 0 Å². The van der Waals surface area contributed by atoms with Gasteiger partial charge < -0.3 is 5.32 Å². The van der Waals surface area contributed by atoms with E-state index in [0.717, 1.165) is 23.2 Å². The highest BCUT2D eigenvalue weighted by Crippen LogP contribution is 2.30. The summed E-state index contributed by atoms with van der Waals surface area (Å²) in [6.45, 7) is 6.95. The van der Waals surface area contributed by atoms with Gasteiger partial charge in [0, 0.05) is 16.6 Å². The van der Waals surface area contributed by atoms with E-state index in [2.05, 4.69) is 19.2 Å². The monoisotopic (exact) mass is 291 g/mol. The van der Waals surface area contributed by atoms with Crippen molar-refractivity contribution >= 4 is 11.6 Å². The molecule has 0 spiro atoms. The highest BCUT2D eigenvalue weighted by atomic mass is 35.5. The maximum absolute atomic E-state index is 13.9. The zero-order valence-corrected chi connectivity index (χ0v) is 12.8. The Hall–Kier alpha value is -1.38. The molecular formula is C17H19ClFN. The molecule has 0 saturated heterocycles. The van der Waals surface area contributed by atoms with Gasteiger partial charge in [0.05, 0.1) is 0 Å².